The van der Waals surface area contributed by atoms with Gasteiger partial charge in [0.2, 0.25) is 5.88 Å². The van der Waals surface area contributed by atoms with Crippen LogP contribution in [0.3, 0.4) is 0 Å². The molecule has 1 aromatic rings. The lowest BCUT2D eigenvalue weighted by Gasteiger charge is -2.23. The lowest BCUT2D eigenvalue weighted by Crippen LogP contribution is -2.37. The van der Waals surface area contributed by atoms with Gasteiger partial charge < -0.3 is 19.5 Å². The monoisotopic (exact) mass is 322 g/mol. The Hall–Kier alpha value is -2.15. The highest BCUT2D eigenvalue weighted by atomic mass is 16.5. The molecule has 1 amide bonds. The van der Waals surface area contributed by atoms with E-state index in [1.807, 2.05) is 13.8 Å². The molecule has 0 saturated carbocycles. The Morgan fingerprint density at radius 3 is 2.78 bits per heavy atom. The first-order valence-electron chi connectivity index (χ1n) is 7.60. The number of methoxy groups -OCH3 is 1. The number of amides is 1. The van der Waals surface area contributed by atoms with E-state index in [0.717, 1.165) is 0 Å². The summed E-state index contributed by atoms with van der Waals surface area (Å²) in [4.78, 5) is 29.5. The van der Waals surface area contributed by atoms with Crippen molar-refractivity contribution < 1.29 is 24.2 Å². The van der Waals surface area contributed by atoms with Crippen molar-refractivity contribution in [2.24, 2.45) is 0 Å². The van der Waals surface area contributed by atoms with Crippen molar-refractivity contribution in [1.29, 1.82) is 0 Å². The first-order valence-corrected chi connectivity index (χ1v) is 7.60. The maximum absolute atomic E-state index is 12.7. The van der Waals surface area contributed by atoms with Crippen LogP contribution in [0, 0.1) is 0 Å². The lowest BCUT2D eigenvalue weighted by atomic mass is 10.1. The van der Waals surface area contributed by atoms with E-state index < -0.39 is 5.97 Å². The smallest absolute Gasteiger partial charge is 0.305 e. The number of likely N-dealkylation sites (tertiary alicyclic amines) is 1. The van der Waals surface area contributed by atoms with E-state index in [9.17, 15) is 9.59 Å². The van der Waals surface area contributed by atoms with Crippen LogP contribution in [0.15, 0.2) is 18.2 Å². The molecule has 2 rings (SSSR count). The largest absolute Gasteiger partial charge is 0.481 e. The van der Waals surface area contributed by atoms with Gasteiger partial charge in [0.05, 0.1) is 18.6 Å². The molecule has 0 aliphatic carbocycles. The zero-order chi connectivity index (χ0) is 17.0. The van der Waals surface area contributed by atoms with Crippen molar-refractivity contribution in [1.82, 2.24) is 9.88 Å². The normalized spacial score (nSPS) is 20.8. The summed E-state index contributed by atoms with van der Waals surface area (Å²) >= 11 is 0. The summed E-state index contributed by atoms with van der Waals surface area (Å²) in [6, 6.07) is 4.61. The molecular weight excluding hydrogens is 300 g/mol. The standard InChI is InChI=1S/C16H22N2O5/c1-10(2)23-14-6-4-5-13(17-14)16(21)18-9-12(22-3)7-11(18)8-15(19)20/h4-6,10-12H,7-9H2,1-3H3,(H,19,20). The van der Waals surface area contributed by atoms with Crippen molar-refractivity contribution in [3.63, 3.8) is 0 Å². The first kappa shape index (κ1) is 17.2. The fourth-order valence-corrected chi connectivity index (χ4v) is 2.68. The van der Waals surface area contributed by atoms with Crippen molar-refractivity contribution in [3.05, 3.63) is 23.9 Å². The van der Waals surface area contributed by atoms with Crippen LogP contribution >= 0.6 is 0 Å². The predicted octanol–water partition coefficient (Wildman–Crippen LogP) is 1.57. The molecule has 126 valence electrons. The van der Waals surface area contributed by atoms with Gasteiger partial charge in [0.25, 0.3) is 5.91 Å². The minimum Gasteiger partial charge on any atom is -0.481 e. The minimum absolute atomic E-state index is 0.0442. The quantitative estimate of drug-likeness (QED) is 0.855. The second kappa shape index (κ2) is 7.41. The fraction of sp³-hybridized carbons (Fsp3) is 0.562. The molecule has 7 heteroatoms. The highest BCUT2D eigenvalue weighted by Gasteiger charge is 2.37. The van der Waals surface area contributed by atoms with Gasteiger partial charge in [-0.15, -0.1) is 0 Å². The van der Waals surface area contributed by atoms with E-state index in [4.69, 9.17) is 14.6 Å². The third-order valence-electron chi connectivity index (χ3n) is 3.68. The molecule has 2 heterocycles. The molecule has 2 atom stereocenters. The summed E-state index contributed by atoms with van der Waals surface area (Å²) in [6.07, 6.45) is 0.209. The molecule has 1 aliphatic rings. The highest BCUT2D eigenvalue weighted by Crippen LogP contribution is 2.25. The van der Waals surface area contributed by atoms with Crippen LogP contribution in [0.1, 0.15) is 37.2 Å². The number of rotatable bonds is 6. The van der Waals surface area contributed by atoms with Crippen LogP contribution < -0.4 is 4.74 Å². The van der Waals surface area contributed by atoms with Gasteiger partial charge in [-0.3, -0.25) is 9.59 Å². The Morgan fingerprint density at radius 1 is 1.43 bits per heavy atom. The Morgan fingerprint density at radius 2 is 2.17 bits per heavy atom. The van der Waals surface area contributed by atoms with Crippen molar-refractivity contribution in [2.45, 2.75) is 44.9 Å². The van der Waals surface area contributed by atoms with E-state index in [-0.39, 0.29) is 36.3 Å². The SMILES string of the molecule is COC1CC(CC(=O)O)N(C(=O)c2cccc(OC(C)C)n2)C1. The van der Waals surface area contributed by atoms with Gasteiger partial charge in [0, 0.05) is 25.8 Å². The average Bonchev–Trinajstić information content (AvgIpc) is 2.88. The maximum Gasteiger partial charge on any atom is 0.305 e. The first-order chi connectivity index (χ1) is 10.9. The molecule has 1 N–H and O–H groups in total. The number of nitrogens with zero attached hydrogens (tertiary/aromatic N) is 2. The second-order valence-corrected chi connectivity index (χ2v) is 5.83. The molecule has 23 heavy (non-hydrogen) atoms. The lowest BCUT2D eigenvalue weighted by molar-refractivity contribution is -0.138. The molecule has 0 spiro atoms. The Bertz CT molecular complexity index is 575. The summed E-state index contributed by atoms with van der Waals surface area (Å²) in [5, 5.41) is 9.03. The molecule has 1 saturated heterocycles. The van der Waals surface area contributed by atoms with Gasteiger partial charge in [-0.25, -0.2) is 4.98 Å². The average molecular weight is 322 g/mol. The molecule has 0 aromatic carbocycles. The number of hydrogen-bond donors (Lipinski definition) is 1. The maximum atomic E-state index is 12.7. The van der Waals surface area contributed by atoms with Gasteiger partial charge in [0.15, 0.2) is 0 Å². The second-order valence-electron chi connectivity index (χ2n) is 5.83. The number of carboxylic acids is 1. The van der Waals surface area contributed by atoms with Crippen LogP contribution in [0.5, 0.6) is 5.88 Å². The fourth-order valence-electron chi connectivity index (χ4n) is 2.68. The molecule has 1 aliphatic heterocycles. The van der Waals surface area contributed by atoms with Crippen LogP contribution in [0.4, 0.5) is 0 Å². The van der Waals surface area contributed by atoms with Crippen LogP contribution in [-0.2, 0) is 9.53 Å². The summed E-state index contributed by atoms with van der Waals surface area (Å²) in [6.45, 7) is 4.12. The molecule has 1 fully saturated rings. The zero-order valence-electron chi connectivity index (χ0n) is 13.6. The molecule has 0 bridgehead atoms. The summed E-state index contributed by atoms with van der Waals surface area (Å²) in [7, 11) is 1.56. The molecule has 1 aromatic heterocycles. The Labute approximate surface area is 135 Å². The number of hydrogen-bond acceptors (Lipinski definition) is 5. The van der Waals surface area contributed by atoms with Crippen molar-refractivity contribution in [2.75, 3.05) is 13.7 Å². The zero-order valence-corrected chi connectivity index (χ0v) is 13.6. The number of carbonyl (C=O) groups excluding carboxylic acids is 1. The van der Waals surface area contributed by atoms with Crippen molar-refractivity contribution >= 4 is 11.9 Å². The third kappa shape index (κ3) is 4.41. The van der Waals surface area contributed by atoms with E-state index in [1.165, 1.54) is 4.90 Å². The van der Waals surface area contributed by atoms with Gasteiger partial charge in [-0.05, 0) is 26.3 Å². The summed E-state index contributed by atoms with van der Waals surface area (Å²) in [5.41, 5.74) is 0.246. The van der Waals surface area contributed by atoms with E-state index in [2.05, 4.69) is 4.98 Å². The number of carbonyl (C=O) groups is 2. The number of carboxylic acid groups (broad SMARTS) is 1. The summed E-state index contributed by atoms with van der Waals surface area (Å²) in [5.74, 6) is -0.859. The van der Waals surface area contributed by atoms with Crippen LogP contribution in [0.2, 0.25) is 0 Å². The number of aliphatic carboxylic acids is 1. The van der Waals surface area contributed by atoms with E-state index >= 15 is 0 Å². The van der Waals surface area contributed by atoms with Gasteiger partial charge in [-0.1, -0.05) is 6.07 Å². The van der Waals surface area contributed by atoms with Gasteiger partial charge in [0.1, 0.15) is 5.69 Å². The van der Waals surface area contributed by atoms with E-state index in [0.29, 0.717) is 18.8 Å². The van der Waals surface area contributed by atoms with Crippen molar-refractivity contribution in [3.8, 4) is 5.88 Å². The molecule has 0 radical (unpaired) electrons. The van der Waals surface area contributed by atoms with Gasteiger partial charge in [-0.2, -0.15) is 0 Å². The van der Waals surface area contributed by atoms with Crippen LogP contribution in [0.25, 0.3) is 0 Å². The third-order valence-corrected chi connectivity index (χ3v) is 3.68. The minimum atomic E-state index is -0.936. The van der Waals surface area contributed by atoms with Crippen LogP contribution in [-0.4, -0.2) is 58.8 Å². The number of ether oxygens (including phenoxy) is 2. The number of pyridine rings is 1. The Balaban J connectivity index is 2.18. The predicted molar refractivity (Wildman–Crippen MR) is 82.5 cm³/mol. The van der Waals surface area contributed by atoms with E-state index in [1.54, 1.807) is 25.3 Å². The summed E-state index contributed by atoms with van der Waals surface area (Å²) < 4.78 is 10.8. The number of aromatic nitrogens is 1. The molecular formula is C16H22N2O5. The van der Waals surface area contributed by atoms with Gasteiger partial charge >= 0.3 is 5.97 Å². The molecule has 2 unspecified atom stereocenters. The Kier molecular flexibility index (Phi) is 5.54. The molecule has 7 nitrogen and oxygen atoms in total. The highest BCUT2D eigenvalue weighted by molar-refractivity contribution is 5.93. The topological polar surface area (TPSA) is 89.0 Å².